The zero-order valence-corrected chi connectivity index (χ0v) is 15.4. The van der Waals surface area contributed by atoms with Gasteiger partial charge in [0, 0.05) is 12.5 Å². The standard InChI is InChI=1S/C21H26FNO3/c1-13(2)12-17(24)18-19(14-8-10-15(22)11-9-14)23(21(26)20(18)25)16-6-4-3-5-7-16/h8-11,13,16,19,25H,3-7,12H2,1-2H3. The molecule has 1 N–H and O–H groups in total. The predicted octanol–water partition coefficient (Wildman–Crippen LogP) is 4.47. The summed E-state index contributed by atoms with van der Waals surface area (Å²) in [5.74, 6) is -1.37. The smallest absolute Gasteiger partial charge is 0.290 e. The van der Waals surface area contributed by atoms with E-state index in [1.54, 1.807) is 17.0 Å². The number of benzene rings is 1. The summed E-state index contributed by atoms with van der Waals surface area (Å²) in [6.45, 7) is 3.86. The lowest BCUT2D eigenvalue weighted by Crippen LogP contribution is -2.41. The lowest BCUT2D eigenvalue weighted by molar-refractivity contribution is -0.132. The van der Waals surface area contributed by atoms with E-state index in [0.717, 1.165) is 32.1 Å². The van der Waals surface area contributed by atoms with Gasteiger partial charge in [-0.05, 0) is 36.5 Å². The molecule has 1 amide bonds. The molecule has 0 bridgehead atoms. The molecule has 3 rings (SSSR count). The third-order valence-corrected chi connectivity index (χ3v) is 5.29. The van der Waals surface area contributed by atoms with Crippen LogP contribution in [0.1, 0.15) is 64.0 Å². The van der Waals surface area contributed by atoms with Gasteiger partial charge in [0.1, 0.15) is 5.82 Å². The summed E-state index contributed by atoms with van der Waals surface area (Å²) < 4.78 is 13.4. The molecule has 1 aromatic rings. The number of aliphatic hydroxyl groups excluding tert-OH is 1. The summed E-state index contributed by atoms with van der Waals surface area (Å²) in [6, 6.07) is 5.24. The van der Waals surface area contributed by atoms with Gasteiger partial charge in [0.05, 0.1) is 11.6 Å². The number of amides is 1. The average Bonchev–Trinajstić information content (AvgIpc) is 2.87. The number of halogens is 1. The van der Waals surface area contributed by atoms with Crippen molar-refractivity contribution in [2.24, 2.45) is 5.92 Å². The van der Waals surface area contributed by atoms with Crippen LogP contribution in [0.15, 0.2) is 35.6 Å². The van der Waals surface area contributed by atoms with Crippen molar-refractivity contribution in [2.75, 3.05) is 0 Å². The molecule has 1 fully saturated rings. The first-order valence-corrected chi connectivity index (χ1v) is 9.44. The van der Waals surface area contributed by atoms with Crippen LogP contribution in [-0.4, -0.2) is 27.7 Å². The highest BCUT2D eigenvalue weighted by Crippen LogP contribution is 2.42. The van der Waals surface area contributed by atoms with Crippen LogP contribution in [-0.2, 0) is 9.59 Å². The van der Waals surface area contributed by atoms with Crippen LogP contribution in [0.25, 0.3) is 0 Å². The number of carbonyl (C=O) groups excluding carboxylic acids is 2. The summed E-state index contributed by atoms with van der Waals surface area (Å²) in [5, 5.41) is 10.5. The number of ketones is 1. The van der Waals surface area contributed by atoms with E-state index in [2.05, 4.69) is 0 Å². The molecule has 0 radical (unpaired) electrons. The molecule has 0 saturated heterocycles. The fourth-order valence-electron chi connectivity index (χ4n) is 4.10. The van der Waals surface area contributed by atoms with Crippen LogP contribution >= 0.6 is 0 Å². The molecule has 5 heteroatoms. The molecule has 26 heavy (non-hydrogen) atoms. The lowest BCUT2D eigenvalue weighted by Gasteiger charge is -2.36. The number of hydrogen-bond donors (Lipinski definition) is 1. The summed E-state index contributed by atoms with van der Waals surface area (Å²) in [7, 11) is 0. The largest absolute Gasteiger partial charge is 0.503 e. The maximum atomic E-state index is 13.4. The number of nitrogens with zero attached hydrogens (tertiary/aromatic N) is 1. The van der Waals surface area contributed by atoms with E-state index in [1.807, 2.05) is 13.8 Å². The Morgan fingerprint density at radius 3 is 2.38 bits per heavy atom. The number of rotatable bonds is 5. The minimum atomic E-state index is -0.627. The predicted molar refractivity (Wildman–Crippen MR) is 97.0 cm³/mol. The number of carbonyl (C=O) groups is 2. The van der Waals surface area contributed by atoms with Crippen molar-refractivity contribution in [2.45, 2.75) is 64.5 Å². The van der Waals surface area contributed by atoms with Crippen molar-refractivity contribution < 1.29 is 19.1 Å². The summed E-state index contributed by atoms with van der Waals surface area (Å²) >= 11 is 0. The third-order valence-electron chi connectivity index (χ3n) is 5.29. The first-order chi connectivity index (χ1) is 12.4. The summed E-state index contributed by atoms with van der Waals surface area (Å²) in [6.07, 6.45) is 5.19. The van der Waals surface area contributed by atoms with Gasteiger partial charge in [0.25, 0.3) is 5.91 Å². The fraction of sp³-hybridized carbons (Fsp3) is 0.524. The zero-order valence-electron chi connectivity index (χ0n) is 15.4. The monoisotopic (exact) mass is 359 g/mol. The molecule has 1 aliphatic carbocycles. The van der Waals surface area contributed by atoms with E-state index in [0.29, 0.717) is 5.56 Å². The van der Waals surface area contributed by atoms with E-state index in [4.69, 9.17) is 0 Å². The Kier molecular flexibility index (Phi) is 5.44. The van der Waals surface area contributed by atoms with Gasteiger partial charge in [0.2, 0.25) is 0 Å². The van der Waals surface area contributed by atoms with E-state index in [9.17, 15) is 19.1 Å². The van der Waals surface area contributed by atoms with Gasteiger partial charge < -0.3 is 10.0 Å². The topological polar surface area (TPSA) is 57.6 Å². The van der Waals surface area contributed by atoms with Gasteiger partial charge in [-0.25, -0.2) is 4.39 Å². The van der Waals surface area contributed by atoms with Gasteiger partial charge in [-0.3, -0.25) is 9.59 Å². The molecule has 1 saturated carbocycles. The Morgan fingerprint density at radius 2 is 1.81 bits per heavy atom. The molecule has 1 aromatic carbocycles. The first kappa shape index (κ1) is 18.6. The Balaban J connectivity index is 2.03. The molecular formula is C21H26FNO3. The molecule has 140 valence electrons. The van der Waals surface area contributed by atoms with Crippen molar-refractivity contribution in [3.63, 3.8) is 0 Å². The van der Waals surface area contributed by atoms with E-state index >= 15 is 0 Å². The molecule has 4 nitrogen and oxygen atoms in total. The Hall–Kier alpha value is -2.17. The van der Waals surface area contributed by atoms with E-state index < -0.39 is 17.7 Å². The summed E-state index contributed by atoms with van der Waals surface area (Å²) in [5.41, 5.74) is 0.836. The summed E-state index contributed by atoms with van der Waals surface area (Å²) in [4.78, 5) is 27.3. The number of Topliss-reactive ketones (excluding diaryl/α,β-unsaturated/α-hetero) is 1. The van der Waals surface area contributed by atoms with Gasteiger partial charge in [-0.15, -0.1) is 0 Å². The second-order valence-corrected chi connectivity index (χ2v) is 7.74. The van der Waals surface area contributed by atoms with Crippen LogP contribution < -0.4 is 0 Å². The Morgan fingerprint density at radius 1 is 1.19 bits per heavy atom. The fourth-order valence-corrected chi connectivity index (χ4v) is 4.10. The van der Waals surface area contributed by atoms with Crippen molar-refractivity contribution in [1.82, 2.24) is 4.90 Å². The normalized spacial score (nSPS) is 21.8. The number of aliphatic hydroxyl groups is 1. The lowest BCUT2D eigenvalue weighted by atomic mass is 9.89. The molecule has 2 aliphatic rings. The highest BCUT2D eigenvalue weighted by molar-refractivity contribution is 6.09. The molecule has 1 unspecified atom stereocenters. The van der Waals surface area contributed by atoms with Crippen LogP contribution in [0.4, 0.5) is 4.39 Å². The SMILES string of the molecule is CC(C)CC(=O)C1=C(O)C(=O)N(C2CCCCC2)C1c1ccc(F)cc1. The average molecular weight is 359 g/mol. The second-order valence-electron chi connectivity index (χ2n) is 7.74. The number of hydrogen-bond acceptors (Lipinski definition) is 3. The molecule has 1 atom stereocenters. The Bertz CT molecular complexity index is 717. The van der Waals surface area contributed by atoms with E-state index in [-0.39, 0.29) is 35.6 Å². The van der Waals surface area contributed by atoms with Gasteiger partial charge in [0.15, 0.2) is 11.5 Å². The van der Waals surface area contributed by atoms with Crippen LogP contribution in [0, 0.1) is 11.7 Å². The van der Waals surface area contributed by atoms with Crippen molar-refractivity contribution in [1.29, 1.82) is 0 Å². The Labute approximate surface area is 153 Å². The van der Waals surface area contributed by atoms with Crippen molar-refractivity contribution in [3.8, 4) is 0 Å². The molecule has 1 heterocycles. The molecular weight excluding hydrogens is 333 g/mol. The van der Waals surface area contributed by atoms with E-state index in [1.165, 1.54) is 12.1 Å². The molecule has 0 aromatic heterocycles. The second kappa shape index (κ2) is 7.60. The van der Waals surface area contributed by atoms with Crippen LogP contribution in [0.5, 0.6) is 0 Å². The van der Waals surface area contributed by atoms with Gasteiger partial charge in [-0.2, -0.15) is 0 Å². The van der Waals surface area contributed by atoms with Crippen molar-refractivity contribution >= 4 is 11.7 Å². The van der Waals surface area contributed by atoms with Crippen LogP contribution in [0.3, 0.4) is 0 Å². The molecule has 0 spiro atoms. The minimum Gasteiger partial charge on any atom is -0.503 e. The van der Waals surface area contributed by atoms with Crippen molar-refractivity contribution in [3.05, 3.63) is 47.0 Å². The first-order valence-electron chi connectivity index (χ1n) is 9.44. The van der Waals surface area contributed by atoms with Crippen LogP contribution in [0.2, 0.25) is 0 Å². The molecule has 1 aliphatic heterocycles. The third kappa shape index (κ3) is 3.53. The highest BCUT2D eigenvalue weighted by atomic mass is 19.1. The minimum absolute atomic E-state index is 0.00203. The highest BCUT2D eigenvalue weighted by Gasteiger charge is 2.46. The maximum absolute atomic E-state index is 13.4. The van der Waals surface area contributed by atoms with Gasteiger partial charge in [-0.1, -0.05) is 45.2 Å². The quantitative estimate of drug-likeness (QED) is 0.844. The zero-order chi connectivity index (χ0) is 18.8. The van der Waals surface area contributed by atoms with Gasteiger partial charge >= 0.3 is 0 Å². The maximum Gasteiger partial charge on any atom is 0.290 e.